The predicted molar refractivity (Wildman–Crippen MR) is 71.0 cm³/mol. The number of benzene rings is 1. The minimum Gasteiger partial charge on any atom is -0.295 e. The molecule has 94 valence electrons. The Morgan fingerprint density at radius 1 is 1.17 bits per heavy atom. The number of hydrazone groups is 1. The van der Waals surface area contributed by atoms with Gasteiger partial charge in [-0.1, -0.05) is 0 Å². The highest BCUT2D eigenvalue weighted by atomic mass is 16.1. The van der Waals surface area contributed by atoms with Crippen molar-refractivity contribution in [3.8, 4) is 0 Å². The number of rotatable bonds is 3. The maximum Gasteiger partial charge on any atom is 0.178 e. The Labute approximate surface area is 106 Å². The lowest BCUT2D eigenvalue weighted by atomic mass is 9.97. The first kappa shape index (κ1) is 12.5. The quantitative estimate of drug-likeness (QED) is 0.657. The van der Waals surface area contributed by atoms with Crippen LogP contribution < -0.4 is 5.43 Å². The van der Waals surface area contributed by atoms with Gasteiger partial charge in [-0.2, -0.15) is 5.10 Å². The monoisotopic (exact) mass is 244 g/mol. The van der Waals surface area contributed by atoms with Gasteiger partial charge in [-0.05, 0) is 50.5 Å². The molecule has 1 aliphatic carbocycles. The molecule has 0 radical (unpaired) electrons. The molecule has 1 fully saturated rings. The van der Waals surface area contributed by atoms with Gasteiger partial charge in [0.15, 0.2) is 11.6 Å². The minimum absolute atomic E-state index is 0.0373. The zero-order valence-corrected chi connectivity index (χ0v) is 10.4. The second kappa shape index (κ2) is 5.58. The van der Waals surface area contributed by atoms with Gasteiger partial charge < -0.3 is 0 Å². The van der Waals surface area contributed by atoms with Crippen molar-refractivity contribution in [2.24, 2.45) is 5.10 Å². The van der Waals surface area contributed by atoms with Gasteiger partial charge in [0.2, 0.25) is 0 Å². The lowest BCUT2D eigenvalue weighted by Gasteiger charge is -2.11. The second-order valence-corrected chi connectivity index (χ2v) is 4.43. The Morgan fingerprint density at radius 3 is 2.44 bits per heavy atom. The van der Waals surface area contributed by atoms with Crippen LogP contribution in [-0.4, -0.2) is 17.3 Å². The van der Waals surface area contributed by atoms with Crippen molar-refractivity contribution in [1.29, 1.82) is 0 Å². The molecule has 1 aliphatic rings. The highest BCUT2D eigenvalue weighted by molar-refractivity contribution is 6.40. The number of ketones is 2. The van der Waals surface area contributed by atoms with E-state index in [1.807, 2.05) is 0 Å². The van der Waals surface area contributed by atoms with Gasteiger partial charge in [-0.25, -0.2) is 0 Å². The maximum absolute atomic E-state index is 11.5. The highest BCUT2D eigenvalue weighted by Crippen LogP contribution is 2.14. The molecule has 0 bridgehead atoms. The van der Waals surface area contributed by atoms with E-state index < -0.39 is 0 Å². The summed E-state index contributed by atoms with van der Waals surface area (Å²) in [5, 5.41) is 4.14. The van der Waals surface area contributed by atoms with Crippen molar-refractivity contribution in [3.05, 3.63) is 29.8 Å². The smallest absolute Gasteiger partial charge is 0.178 e. The van der Waals surface area contributed by atoms with Crippen LogP contribution in [0, 0.1) is 0 Å². The number of carbonyl (C=O) groups is 2. The minimum atomic E-state index is 0.0373. The third-order valence-corrected chi connectivity index (χ3v) is 3.00. The van der Waals surface area contributed by atoms with Crippen LogP contribution in [0.25, 0.3) is 0 Å². The van der Waals surface area contributed by atoms with Crippen molar-refractivity contribution < 1.29 is 9.59 Å². The van der Waals surface area contributed by atoms with Crippen LogP contribution in [0.3, 0.4) is 0 Å². The average Bonchev–Trinajstić information content (AvgIpc) is 2.38. The average molecular weight is 244 g/mol. The molecule has 0 spiro atoms. The van der Waals surface area contributed by atoms with Gasteiger partial charge in [0.05, 0.1) is 5.69 Å². The number of Topliss-reactive ketones (excluding diaryl/α,β-unsaturated/α-hetero) is 2. The molecule has 4 nitrogen and oxygen atoms in total. The molecule has 18 heavy (non-hydrogen) atoms. The van der Waals surface area contributed by atoms with Gasteiger partial charge in [0, 0.05) is 12.0 Å². The first-order valence-electron chi connectivity index (χ1n) is 6.13. The third kappa shape index (κ3) is 3.03. The van der Waals surface area contributed by atoms with Crippen LogP contribution in [0.4, 0.5) is 5.69 Å². The molecule has 1 saturated carbocycles. The van der Waals surface area contributed by atoms with Crippen molar-refractivity contribution in [2.75, 3.05) is 5.43 Å². The van der Waals surface area contributed by atoms with E-state index in [0.29, 0.717) is 17.7 Å². The summed E-state index contributed by atoms with van der Waals surface area (Å²) < 4.78 is 0. The van der Waals surface area contributed by atoms with Crippen LogP contribution in [0.5, 0.6) is 0 Å². The summed E-state index contributed by atoms with van der Waals surface area (Å²) in [5.74, 6) is 0.171. The fourth-order valence-electron chi connectivity index (χ4n) is 1.89. The maximum atomic E-state index is 11.5. The van der Waals surface area contributed by atoms with E-state index >= 15 is 0 Å². The van der Waals surface area contributed by atoms with E-state index in [9.17, 15) is 9.59 Å². The first-order chi connectivity index (χ1) is 8.66. The summed E-state index contributed by atoms with van der Waals surface area (Å²) in [6.07, 6.45) is 3.34. The van der Waals surface area contributed by atoms with Crippen molar-refractivity contribution in [3.63, 3.8) is 0 Å². The number of nitrogens with one attached hydrogen (secondary N) is 1. The zero-order chi connectivity index (χ0) is 13.0. The van der Waals surface area contributed by atoms with E-state index in [1.165, 1.54) is 6.92 Å². The molecule has 0 aliphatic heterocycles. The van der Waals surface area contributed by atoms with E-state index in [-0.39, 0.29) is 11.6 Å². The summed E-state index contributed by atoms with van der Waals surface area (Å²) in [4.78, 5) is 22.7. The summed E-state index contributed by atoms with van der Waals surface area (Å²) in [6, 6.07) is 7.06. The molecule has 0 saturated heterocycles. The number of carbonyl (C=O) groups excluding carboxylic acids is 2. The molecule has 1 aromatic rings. The van der Waals surface area contributed by atoms with E-state index in [1.54, 1.807) is 24.3 Å². The Bertz CT molecular complexity index is 489. The van der Waals surface area contributed by atoms with Gasteiger partial charge in [-0.15, -0.1) is 0 Å². The molecule has 0 unspecified atom stereocenters. The van der Waals surface area contributed by atoms with Crippen LogP contribution in [0.1, 0.15) is 43.0 Å². The number of anilines is 1. The highest BCUT2D eigenvalue weighted by Gasteiger charge is 2.16. The first-order valence-corrected chi connectivity index (χ1v) is 6.13. The number of nitrogens with zero attached hydrogens (tertiary/aromatic N) is 1. The van der Waals surface area contributed by atoms with Crippen LogP contribution in [-0.2, 0) is 4.79 Å². The lowest BCUT2D eigenvalue weighted by molar-refractivity contribution is -0.113. The zero-order valence-electron chi connectivity index (χ0n) is 10.4. The Morgan fingerprint density at radius 2 is 1.83 bits per heavy atom. The molecule has 1 aromatic carbocycles. The lowest BCUT2D eigenvalue weighted by Crippen LogP contribution is -2.19. The molecule has 4 heteroatoms. The largest absolute Gasteiger partial charge is 0.295 e. The summed E-state index contributed by atoms with van der Waals surface area (Å²) in [7, 11) is 0. The molecule has 0 atom stereocenters. The number of hydrogen-bond acceptors (Lipinski definition) is 4. The molecular formula is C14H16N2O2. The Hall–Kier alpha value is -1.97. The van der Waals surface area contributed by atoms with Crippen LogP contribution in [0.15, 0.2) is 29.4 Å². The SMILES string of the molecule is CC(=O)c1ccc(NN=C2CCCCC2=O)cc1. The molecular weight excluding hydrogens is 228 g/mol. The fraction of sp³-hybridized carbons (Fsp3) is 0.357. The summed E-state index contributed by atoms with van der Waals surface area (Å²) in [6.45, 7) is 1.53. The Kier molecular flexibility index (Phi) is 3.87. The fourth-order valence-corrected chi connectivity index (χ4v) is 1.89. The second-order valence-electron chi connectivity index (χ2n) is 4.43. The normalized spacial score (nSPS) is 17.8. The van der Waals surface area contributed by atoms with E-state index in [4.69, 9.17) is 0 Å². The standard InChI is InChI=1S/C14H16N2O2/c1-10(17)11-6-8-12(9-7-11)15-16-13-4-2-3-5-14(13)18/h6-9,15H,2-5H2,1H3. The van der Waals surface area contributed by atoms with Crippen molar-refractivity contribution in [1.82, 2.24) is 0 Å². The Balaban J connectivity index is 2.03. The molecule has 1 N–H and O–H groups in total. The van der Waals surface area contributed by atoms with E-state index in [2.05, 4.69) is 10.5 Å². The third-order valence-electron chi connectivity index (χ3n) is 3.00. The topological polar surface area (TPSA) is 58.5 Å². The van der Waals surface area contributed by atoms with Gasteiger partial charge >= 0.3 is 0 Å². The van der Waals surface area contributed by atoms with Crippen LogP contribution in [0.2, 0.25) is 0 Å². The summed E-state index contributed by atoms with van der Waals surface area (Å²) >= 11 is 0. The summed E-state index contributed by atoms with van der Waals surface area (Å²) in [5.41, 5.74) is 4.94. The van der Waals surface area contributed by atoms with Gasteiger partial charge in [-0.3, -0.25) is 15.0 Å². The molecule has 0 amide bonds. The molecule has 2 rings (SSSR count). The predicted octanol–water partition coefficient (Wildman–Crippen LogP) is 2.80. The van der Waals surface area contributed by atoms with Crippen molar-refractivity contribution >= 4 is 23.0 Å². The number of hydrogen-bond donors (Lipinski definition) is 1. The van der Waals surface area contributed by atoms with E-state index in [0.717, 1.165) is 24.9 Å². The molecule has 0 heterocycles. The van der Waals surface area contributed by atoms with Crippen molar-refractivity contribution in [2.45, 2.75) is 32.6 Å². The van der Waals surface area contributed by atoms with Crippen LogP contribution >= 0.6 is 0 Å². The molecule has 0 aromatic heterocycles. The van der Waals surface area contributed by atoms with Gasteiger partial charge in [0.25, 0.3) is 0 Å². The van der Waals surface area contributed by atoms with Gasteiger partial charge in [0.1, 0.15) is 5.71 Å².